The van der Waals surface area contributed by atoms with Crippen LogP contribution < -0.4 is 0 Å². The third-order valence-corrected chi connectivity index (χ3v) is 2.79. The SMILES string of the molecule is CN1Cc2ccc(C(C)(C)O)cc2C1. The molecule has 0 radical (unpaired) electrons. The first-order chi connectivity index (χ1) is 6.47. The molecule has 76 valence electrons. The van der Waals surface area contributed by atoms with E-state index in [0.29, 0.717) is 0 Å². The highest BCUT2D eigenvalue weighted by Crippen LogP contribution is 2.27. The number of benzene rings is 1. The molecule has 14 heavy (non-hydrogen) atoms. The van der Waals surface area contributed by atoms with Gasteiger partial charge in [-0.15, -0.1) is 0 Å². The van der Waals surface area contributed by atoms with Crippen LogP contribution in [0.5, 0.6) is 0 Å². The number of rotatable bonds is 1. The van der Waals surface area contributed by atoms with E-state index in [0.717, 1.165) is 18.7 Å². The molecule has 0 fully saturated rings. The van der Waals surface area contributed by atoms with Crippen LogP contribution in [0.2, 0.25) is 0 Å². The molecule has 0 aliphatic carbocycles. The van der Waals surface area contributed by atoms with E-state index in [9.17, 15) is 5.11 Å². The second-order valence-electron chi connectivity index (χ2n) is 4.71. The Kier molecular flexibility index (Phi) is 2.13. The molecule has 2 rings (SSSR count). The molecule has 1 aromatic rings. The summed E-state index contributed by atoms with van der Waals surface area (Å²) in [5, 5.41) is 9.87. The number of nitrogens with zero attached hydrogens (tertiary/aromatic N) is 1. The van der Waals surface area contributed by atoms with Gasteiger partial charge in [0.2, 0.25) is 0 Å². The molecule has 2 heteroatoms. The second kappa shape index (κ2) is 3.07. The fourth-order valence-corrected chi connectivity index (χ4v) is 1.95. The van der Waals surface area contributed by atoms with Crippen molar-refractivity contribution < 1.29 is 5.11 Å². The van der Waals surface area contributed by atoms with Crippen molar-refractivity contribution in [1.29, 1.82) is 0 Å². The summed E-state index contributed by atoms with van der Waals surface area (Å²) in [5.41, 5.74) is 3.02. The fraction of sp³-hybridized carbons (Fsp3) is 0.500. The van der Waals surface area contributed by atoms with E-state index in [1.54, 1.807) is 0 Å². The fourth-order valence-electron chi connectivity index (χ4n) is 1.95. The van der Waals surface area contributed by atoms with Gasteiger partial charge in [0.15, 0.2) is 0 Å². The number of hydrogen-bond donors (Lipinski definition) is 1. The van der Waals surface area contributed by atoms with E-state index in [2.05, 4.69) is 24.1 Å². The Morgan fingerprint density at radius 1 is 1.21 bits per heavy atom. The molecular formula is C12H17NO. The third-order valence-electron chi connectivity index (χ3n) is 2.79. The highest BCUT2D eigenvalue weighted by atomic mass is 16.3. The van der Waals surface area contributed by atoms with Gasteiger partial charge in [-0.25, -0.2) is 0 Å². The highest BCUT2D eigenvalue weighted by molar-refractivity contribution is 5.36. The molecule has 1 N–H and O–H groups in total. The van der Waals surface area contributed by atoms with Crippen molar-refractivity contribution in [2.24, 2.45) is 0 Å². The van der Waals surface area contributed by atoms with Gasteiger partial charge in [-0.1, -0.05) is 18.2 Å². The minimum atomic E-state index is -0.726. The Balaban J connectivity index is 2.38. The van der Waals surface area contributed by atoms with Crippen LogP contribution in [0.4, 0.5) is 0 Å². The van der Waals surface area contributed by atoms with Gasteiger partial charge in [0.25, 0.3) is 0 Å². The maximum absolute atomic E-state index is 9.87. The molecule has 0 atom stereocenters. The Morgan fingerprint density at radius 3 is 2.50 bits per heavy atom. The maximum atomic E-state index is 9.87. The van der Waals surface area contributed by atoms with Crippen molar-refractivity contribution in [3.8, 4) is 0 Å². The van der Waals surface area contributed by atoms with Crippen LogP contribution in [0.25, 0.3) is 0 Å². The minimum Gasteiger partial charge on any atom is -0.386 e. The predicted octanol–water partition coefficient (Wildman–Crippen LogP) is 1.86. The first kappa shape index (κ1) is 9.69. The second-order valence-corrected chi connectivity index (χ2v) is 4.71. The van der Waals surface area contributed by atoms with E-state index in [1.807, 2.05) is 19.9 Å². The van der Waals surface area contributed by atoms with Gasteiger partial charge in [0.1, 0.15) is 0 Å². The van der Waals surface area contributed by atoms with Gasteiger partial charge >= 0.3 is 0 Å². The van der Waals surface area contributed by atoms with Gasteiger partial charge in [-0.3, -0.25) is 4.90 Å². The summed E-state index contributed by atoms with van der Waals surface area (Å²) >= 11 is 0. The molecule has 0 amide bonds. The number of hydrogen-bond acceptors (Lipinski definition) is 2. The van der Waals surface area contributed by atoms with Crippen molar-refractivity contribution in [1.82, 2.24) is 4.90 Å². The molecule has 0 spiro atoms. The summed E-state index contributed by atoms with van der Waals surface area (Å²) in [7, 11) is 2.11. The van der Waals surface area contributed by atoms with Gasteiger partial charge < -0.3 is 5.11 Å². The quantitative estimate of drug-likeness (QED) is 0.732. The summed E-state index contributed by atoms with van der Waals surface area (Å²) in [6.07, 6.45) is 0. The normalized spacial score (nSPS) is 17.1. The maximum Gasteiger partial charge on any atom is 0.0840 e. The molecule has 1 heterocycles. The average molecular weight is 191 g/mol. The lowest BCUT2D eigenvalue weighted by Crippen LogP contribution is -2.15. The summed E-state index contributed by atoms with van der Waals surface area (Å²) in [4.78, 5) is 2.28. The van der Waals surface area contributed by atoms with Crippen LogP contribution in [-0.4, -0.2) is 17.1 Å². The zero-order chi connectivity index (χ0) is 10.3. The molecule has 0 saturated heterocycles. The molecule has 0 unspecified atom stereocenters. The van der Waals surface area contributed by atoms with Crippen LogP contribution in [-0.2, 0) is 18.7 Å². The molecule has 0 saturated carbocycles. The standard InChI is InChI=1S/C12H17NO/c1-12(2,14)11-5-4-9-7-13(3)8-10(9)6-11/h4-6,14H,7-8H2,1-3H3. The zero-order valence-electron chi connectivity index (χ0n) is 9.04. The molecule has 0 bridgehead atoms. The summed E-state index contributed by atoms with van der Waals surface area (Å²) in [5.74, 6) is 0. The lowest BCUT2D eigenvalue weighted by molar-refractivity contribution is 0.0785. The molecule has 2 nitrogen and oxygen atoms in total. The largest absolute Gasteiger partial charge is 0.386 e. The first-order valence-electron chi connectivity index (χ1n) is 5.00. The first-order valence-corrected chi connectivity index (χ1v) is 5.00. The summed E-state index contributed by atoms with van der Waals surface area (Å²) in [6.45, 7) is 5.68. The van der Waals surface area contributed by atoms with Crippen molar-refractivity contribution in [2.45, 2.75) is 32.5 Å². The summed E-state index contributed by atoms with van der Waals surface area (Å²) in [6, 6.07) is 6.28. The Morgan fingerprint density at radius 2 is 1.86 bits per heavy atom. The van der Waals surface area contributed by atoms with Crippen molar-refractivity contribution in [2.75, 3.05) is 7.05 Å². The Bertz CT molecular complexity index is 352. The Labute approximate surface area is 85.2 Å². The third kappa shape index (κ3) is 1.68. The number of aliphatic hydroxyl groups is 1. The van der Waals surface area contributed by atoms with Crippen LogP contribution in [0.15, 0.2) is 18.2 Å². The highest BCUT2D eigenvalue weighted by Gasteiger charge is 2.20. The van der Waals surface area contributed by atoms with E-state index in [1.165, 1.54) is 11.1 Å². The zero-order valence-corrected chi connectivity index (χ0v) is 9.04. The minimum absolute atomic E-state index is 0.726. The van der Waals surface area contributed by atoms with Crippen LogP contribution in [0, 0.1) is 0 Å². The monoisotopic (exact) mass is 191 g/mol. The van der Waals surface area contributed by atoms with Gasteiger partial charge in [0, 0.05) is 13.1 Å². The van der Waals surface area contributed by atoms with Crippen molar-refractivity contribution >= 4 is 0 Å². The van der Waals surface area contributed by atoms with E-state index in [-0.39, 0.29) is 0 Å². The topological polar surface area (TPSA) is 23.5 Å². The summed E-state index contributed by atoms with van der Waals surface area (Å²) < 4.78 is 0. The average Bonchev–Trinajstić information content (AvgIpc) is 2.41. The van der Waals surface area contributed by atoms with Crippen LogP contribution >= 0.6 is 0 Å². The molecule has 1 aliphatic rings. The van der Waals surface area contributed by atoms with Crippen LogP contribution in [0.3, 0.4) is 0 Å². The molecule has 1 aromatic carbocycles. The van der Waals surface area contributed by atoms with E-state index >= 15 is 0 Å². The predicted molar refractivity (Wildman–Crippen MR) is 56.9 cm³/mol. The van der Waals surface area contributed by atoms with Gasteiger partial charge in [-0.2, -0.15) is 0 Å². The molecule has 0 aromatic heterocycles. The molecule has 1 aliphatic heterocycles. The van der Waals surface area contributed by atoms with E-state index < -0.39 is 5.60 Å². The van der Waals surface area contributed by atoms with E-state index in [4.69, 9.17) is 0 Å². The number of fused-ring (bicyclic) bond motifs is 1. The molecular weight excluding hydrogens is 174 g/mol. The smallest absolute Gasteiger partial charge is 0.0840 e. The van der Waals surface area contributed by atoms with Crippen molar-refractivity contribution in [3.05, 3.63) is 34.9 Å². The van der Waals surface area contributed by atoms with Gasteiger partial charge in [-0.05, 0) is 37.6 Å². The lowest BCUT2D eigenvalue weighted by Gasteiger charge is -2.18. The lowest BCUT2D eigenvalue weighted by atomic mass is 9.95. The van der Waals surface area contributed by atoms with Crippen molar-refractivity contribution in [3.63, 3.8) is 0 Å². The van der Waals surface area contributed by atoms with Crippen LogP contribution in [0.1, 0.15) is 30.5 Å². The Hall–Kier alpha value is -0.860. The van der Waals surface area contributed by atoms with Gasteiger partial charge in [0.05, 0.1) is 5.60 Å².